The molecule has 1 aromatic rings. The maximum absolute atomic E-state index is 5.69. The van der Waals surface area contributed by atoms with Gasteiger partial charge in [0.25, 0.3) is 0 Å². The van der Waals surface area contributed by atoms with Crippen molar-refractivity contribution in [2.75, 3.05) is 26.7 Å². The zero-order chi connectivity index (χ0) is 13.5. The lowest BCUT2D eigenvalue weighted by Crippen LogP contribution is -2.25. The van der Waals surface area contributed by atoms with Gasteiger partial charge in [0.15, 0.2) is 0 Å². The van der Waals surface area contributed by atoms with Gasteiger partial charge in [-0.15, -0.1) is 11.3 Å². The molecule has 1 aliphatic rings. The second-order valence-corrected chi connectivity index (χ2v) is 6.12. The molecule has 1 aliphatic carbocycles. The number of nitrogens with zero attached hydrogens (tertiary/aromatic N) is 2. The zero-order valence-corrected chi connectivity index (χ0v) is 12.8. The molecule has 5 heteroatoms. The van der Waals surface area contributed by atoms with Gasteiger partial charge in [-0.1, -0.05) is 6.92 Å². The Kier molecular flexibility index (Phi) is 6.23. The normalized spacial score (nSPS) is 15.3. The molecule has 1 N–H and O–H groups in total. The van der Waals surface area contributed by atoms with Crippen molar-refractivity contribution in [3.63, 3.8) is 0 Å². The Bertz CT molecular complexity index is 365. The molecule has 1 fully saturated rings. The van der Waals surface area contributed by atoms with Crippen LogP contribution in [0.15, 0.2) is 5.38 Å². The average Bonchev–Trinajstić information content (AvgIpc) is 3.17. The van der Waals surface area contributed by atoms with Gasteiger partial charge >= 0.3 is 0 Å². The molecule has 0 unspecified atom stereocenters. The summed E-state index contributed by atoms with van der Waals surface area (Å²) >= 11 is 1.72. The smallest absolute Gasteiger partial charge is 0.107 e. The van der Waals surface area contributed by atoms with Crippen molar-refractivity contribution >= 4 is 11.3 Å². The van der Waals surface area contributed by atoms with Gasteiger partial charge in [0.1, 0.15) is 5.01 Å². The van der Waals surface area contributed by atoms with E-state index in [2.05, 4.69) is 34.6 Å². The summed E-state index contributed by atoms with van der Waals surface area (Å²) in [5.41, 5.74) is 1.06. The average molecular weight is 283 g/mol. The topological polar surface area (TPSA) is 37.4 Å². The van der Waals surface area contributed by atoms with Crippen molar-refractivity contribution in [3.05, 3.63) is 16.1 Å². The van der Waals surface area contributed by atoms with Gasteiger partial charge in [0.05, 0.1) is 18.9 Å². The van der Waals surface area contributed by atoms with Crippen LogP contribution in [-0.2, 0) is 17.9 Å². The number of rotatable bonds is 10. The van der Waals surface area contributed by atoms with E-state index in [1.165, 1.54) is 12.8 Å². The number of nitrogens with one attached hydrogen (secondary N) is 1. The van der Waals surface area contributed by atoms with Crippen LogP contribution in [0.2, 0.25) is 0 Å². The van der Waals surface area contributed by atoms with Crippen LogP contribution in [0.3, 0.4) is 0 Å². The van der Waals surface area contributed by atoms with E-state index in [1.54, 1.807) is 11.3 Å². The molecule has 0 aromatic carbocycles. The number of ether oxygens (including phenoxy) is 1. The standard InChI is InChI=1S/C14H25N3OS/c1-3-6-15-9-14-16-12(11-19-14)10-18-8-7-17(2)13-4-5-13/h11,13,15H,3-10H2,1-2H3. The van der Waals surface area contributed by atoms with Crippen LogP contribution in [0, 0.1) is 0 Å². The zero-order valence-electron chi connectivity index (χ0n) is 12.0. The minimum atomic E-state index is 0.642. The second kappa shape index (κ2) is 7.94. The summed E-state index contributed by atoms with van der Waals surface area (Å²) in [6, 6.07) is 0.819. The highest BCUT2D eigenvalue weighted by Crippen LogP contribution is 2.24. The molecule has 2 rings (SSSR count). The SMILES string of the molecule is CCCNCc1nc(COCCN(C)C2CC2)cs1. The highest BCUT2D eigenvalue weighted by atomic mass is 32.1. The van der Waals surface area contributed by atoms with Gasteiger partial charge in [-0.3, -0.25) is 0 Å². The first-order valence-corrected chi connectivity index (χ1v) is 8.09. The predicted molar refractivity (Wildman–Crippen MR) is 79.4 cm³/mol. The fourth-order valence-corrected chi connectivity index (χ4v) is 2.70. The molecule has 1 heterocycles. The van der Waals surface area contributed by atoms with Gasteiger partial charge in [0, 0.05) is 24.5 Å². The van der Waals surface area contributed by atoms with Crippen LogP contribution in [0.4, 0.5) is 0 Å². The molecule has 1 aromatic heterocycles. The Balaban J connectivity index is 1.57. The summed E-state index contributed by atoms with van der Waals surface area (Å²) in [5, 5.41) is 6.63. The molecule has 0 saturated heterocycles. The van der Waals surface area contributed by atoms with E-state index in [9.17, 15) is 0 Å². The molecule has 0 radical (unpaired) electrons. The second-order valence-electron chi connectivity index (χ2n) is 5.17. The van der Waals surface area contributed by atoms with E-state index in [-0.39, 0.29) is 0 Å². The van der Waals surface area contributed by atoms with Crippen LogP contribution in [-0.4, -0.2) is 42.7 Å². The fourth-order valence-electron chi connectivity index (χ4n) is 1.95. The van der Waals surface area contributed by atoms with E-state index < -0.39 is 0 Å². The van der Waals surface area contributed by atoms with Crippen LogP contribution in [0.5, 0.6) is 0 Å². The first kappa shape index (κ1) is 14.9. The first-order valence-electron chi connectivity index (χ1n) is 7.21. The Morgan fingerprint density at radius 2 is 2.37 bits per heavy atom. The molecule has 0 spiro atoms. The van der Waals surface area contributed by atoms with E-state index in [0.29, 0.717) is 6.61 Å². The highest BCUT2D eigenvalue weighted by Gasteiger charge is 2.25. The molecule has 0 amide bonds. The Morgan fingerprint density at radius 3 is 3.11 bits per heavy atom. The van der Waals surface area contributed by atoms with Gasteiger partial charge in [-0.2, -0.15) is 0 Å². The number of likely N-dealkylation sites (N-methyl/N-ethyl adjacent to an activating group) is 1. The lowest BCUT2D eigenvalue weighted by Gasteiger charge is -2.14. The summed E-state index contributed by atoms with van der Waals surface area (Å²) in [7, 11) is 2.18. The van der Waals surface area contributed by atoms with Crippen LogP contribution in [0.1, 0.15) is 36.9 Å². The van der Waals surface area contributed by atoms with E-state index >= 15 is 0 Å². The summed E-state index contributed by atoms with van der Waals surface area (Å²) in [5.74, 6) is 0. The summed E-state index contributed by atoms with van der Waals surface area (Å²) in [4.78, 5) is 6.95. The molecule has 1 saturated carbocycles. The maximum atomic E-state index is 5.69. The minimum absolute atomic E-state index is 0.642. The lowest BCUT2D eigenvalue weighted by atomic mass is 10.5. The van der Waals surface area contributed by atoms with Crippen LogP contribution >= 0.6 is 11.3 Å². The van der Waals surface area contributed by atoms with Gasteiger partial charge in [0.2, 0.25) is 0 Å². The monoisotopic (exact) mass is 283 g/mol. The van der Waals surface area contributed by atoms with E-state index in [4.69, 9.17) is 4.74 Å². The summed E-state index contributed by atoms with van der Waals surface area (Å²) < 4.78 is 5.69. The van der Waals surface area contributed by atoms with Crippen LogP contribution < -0.4 is 5.32 Å². The number of aromatic nitrogens is 1. The van der Waals surface area contributed by atoms with Gasteiger partial charge in [-0.25, -0.2) is 4.98 Å². The quantitative estimate of drug-likeness (QED) is 0.668. The molecular weight excluding hydrogens is 258 g/mol. The minimum Gasteiger partial charge on any atom is -0.374 e. The molecule has 0 bridgehead atoms. The number of thiazole rings is 1. The van der Waals surface area contributed by atoms with Gasteiger partial charge < -0.3 is 15.0 Å². The van der Waals surface area contributed by atoms with Crippen molar-refractivity contribution in [1.29, 1.82) is 0 Å². The fraction of sp³-hybridized carbons (Fsp3) is 0.786. The third-order valence-electron chi connectivity index (χ3n) is 3.31. The molecule has 4 nitrogen and oxygen atoms in total. The number of hydrogen-bond acceptors (Lipinski definition) is 5. The van der Waals surface area contributed by atoms with Crippen molar-refractivity contribution < 1.29 is 4.74 Å². The predicted octanol–water partition coefficient (Wildman–Crippen LogP) is 2.25. The Morgan fingerprint density at radius 1 is 1.53 bits per heavy atom. The van der Waals surface area contributed by atoms with Crippen molar-refractivity contribution in [3.8, 4) is 0 Å². The molecule has 0 aliphatic heterocycles. The molecule has 19 heavy (non-hydrogen) atoms. The Labute approximate surface area is 120 Å². The third-order valence-corrected chi connectivity index (χ3v) is 4.21. The van der Waals surface area contributed by atoms with Crippen molar-refractivity contribution in [1.82, 2.24) is 15.2 Å². The van der Waals surface area contributed by atoms with Crippen molar-refractivity contribution in [2.24, 2.45) is 0 Å². The van der Waals surface area contributed by atoms with E-state index in [1.807, 2.05) is 0 Å². The number of hydrogen-bond donors (Lipinski definition) is 1. The first-order chi connectivity index (χ1) is 9.29. The third kappa shape index (κ3) is 5.57. The Hall–Kier alpha value is -0.490. The molecule has 0 atom stereocenters. The molecule has 108 valence electrons. The molecular formula is C14H25N3OS. The van der Waals surface area contributed by atoms with Crippen LogP contribution in [0.25, 0.3) is 0 Å². The van der Waals surface area contributed by atoms with Gasteiger partial charge in [-0.05, 0) is 32.9 Å². The lowest BCUT2D eigenvalue weighted by molar-refractivity contribution is 0.0960. The highest BCUT2D eigenvalue weighted by molar-refractivity contribution is 7.09. The largest absolute Gasteiger partial charge is 0.374 e. The summed E-state index contributed by atoms with van der Waals surface area (Å²) in [6.07, 6.45) is 3.88. The van der Waals surface area contributed by atoms with Crippen molar-refractivity contribution in [2.45, 2.75) is 45.4 Å². The van der Waals surface area contributed by atoms with E-state index in [0.717, 1.165) is 49.4 Å². The summed E-state index contributed by atoms with van der Waals surface area (Å²) in [6.45, 7) is 6.57. The maximum Gasteiger partial charge on any atom is 0.107 e.